The summed E-state index contributed by atoms with van der Waals surface area (Å²) in [7, 11) is 0. The fraction of sp³-hybridized carbons (Fsp3) is 0.867. The van der Waals surface area contributed by atoms with Crippen LogP contribution < -0.4 is 5.32 Å². The van der Waals surface area contributed by atoms with Gasteiger partial charge in [0.25, 0.3) is 0 Å². The van der Waals surface area contributed by atoms with Crippen molar-refractivity contribution in [1.82, 2.24) is 10.2 Å². The molecule has 0 aromatic heterocycles. The van der Waals surface area contributed by atoms with Crippen LogP contribution in [-0.4, -0.2) is 59.8 Å². The number of thioether (sulfide) groups is 1. The van der Waals surface area contributed by atoms with Gasteiger partial charge < -0.3 is 10.4 Å². The average Bonchev–Trinajstić information content (AvgIpc) is 2.39. The molecule has 0 amide bonds. The number of allylic oxidation sites excluding steroid dienone is 1. The molecule has 3 nitrogen and oxygen atoms in total. The highest BCUT2D eigenvalue weighted by atomic mass is 32.2. The first-order valence-electron chi connectivity index (χ1n) is 7.32. The van der Waals surface area contributed by atoms with E-state index in [-0.39, 0.29) is 6.61 Å². The maximum absolute atomic E-state index is 9.31. The molecule has 1 aliphatic rings. The Morgan fingerprint density at radius 1 is 1.42 bits per heavy atom. The Labute approximate surface area is 122 Å². The molecule has 0 aromatic rings. The smallest absolute Gasteiger partial charge is 0.0564 e. The van der Waals surface area contributed by atoms with E-state index in [0.717, 1.165) is 6.54 Å². The van der Waals surface area contributed by atoms with Gasteiger partial charge >= 0.3 is 0 Å². The third-order valence-electron chi connectivity index (χ3n) is 3.88. The van der Waals surface area contributed by atoms with E-state index in [1.165, 1.54) is 31.5 Å². The molecule has 19 heavy (non-hydrogen) atoms. The third-order valence-corrected chi connectivity index (χ3v) is 5.05. The van der Waals surface area contributed by atoms with Crippen molar-refractivity contribution in [2.75, 3.05) is 32.5 Å². The van der Waals surface area contributed by atoms with E-state index in [0.29, 0.717) is 17.3 Å². The van der Waals surface area contributed by atoms with Crippen LogP contribution in [0.4, 0.5) is 0 Å². The van der Waals surface area contributed by atoms with Gasteiger partial charge in [-0.15, -0.1) is 0 Å². The summed E-state index contributed by atoms with van der Waals surface area (Å²) in [4.78, 5) is 2.52. The molecule has 0 spiro atoms. The van der Waals surface area contributed by atoms with Crippen molar-refractivity contribution in [2.24, 2.45) is 0 Å². The zero-order chi connectivity index (χ0) is 14.3. The van der Waals surface area contributed by atoms with Crippen LogP contribution in [0.2, 0.25) is 0 Å². The van der Waals surface area contributed by atoms with Crippen LogP contribution in [-0.2, 0) is 0 Å². The van der Waals surface area contributed by atoms with Gasteiger partial charge in [0.05, 0.1) is 6.61 Å². The zero-order valence-corrected chi connectivity index (χ0v) is 13.7. The van der Waals surface area contributed by atoms with Crippen LogP contribution in [0.15, 0.2) is 11.6 Å². The van der Waals surface area contributed by atoms with Crippen molar-refractivity contribution in [2.45, 2.75) is 50.9 Å². The van der Waals surface area contributed by atoms with Gasteiger partial charge in [0.1, 0.15) is 0 Å². The summed E-state index contributed by atoms with van der Waals surface area (Å²) in [5.74, 6) is 0. The first-order chi connectivity index (χ1) is 9.06. The second-order valence-corrected chi connectivity index (χ2v) is 6.85. The van der Waals surface area contributed by atoms with Crippen LogP contribution in [0.3, 0.4) is 0 Å². The first kappa shape index (κ1) is 17.0. The fourth-order valence-electron chi connectivity index (χ4n) is 2.51. The molecule has 4 heteroatoms. The molecule has 0 radical (unpaired) electrons. The molecular weight excluding hydrogens is 256 g/mol. The van der Waals surface area contributed by atoms with E-state index in [4.69, 9.17) is 0 Å². The molecule has 1 rings (SSSR count). The number of piperidine rings is 1. The van der Waals surface area contributed by atoms with Gasteiger partial charge in [0.15, 0.2) is 0 Å². The number of rotatable bonds is 7. The van der Waals surface area contributed by atoms with Crippen molar-refractivity contribution in [3.05, 3.63) is 11.6 Å². The molecule has 2 atom stereocenters. The number of nitrogens with zero attached hydrogens (tertiary/aromatic N) is 1. The van der Waals surface area contributed by atoms with E-state index >= 15 is 0 Å². The van der Waals surface area contributed by atoms with Gasteiger partial charge in [-0.1, -0.05) is 11.6 Å². The minimum absolute atomic E-state index is 0.259. The Bertz CT molecular complexity index is 267. The molecule has 0 saturated carbocycles. The van der Waals surface area contributed by atoms with E-state index in [1.807, 2.05) is 0 Å². The Hall–Kier alpha value is -0.0300. The van der Waals surface area contributed by atoms with Crippen molar-refractivity contribution < 1.29 is 5.11 Å². The SMILES string of the molecule is CSC(CO)C(C)NC1CCN(CC=C(C)C)CC1. The Kier molecular flexibility index (Phi) is 8.07. The summed E-state index contributed by atoms with van der Waals surface area (Å²) < 4.78 is 0. The first-order valence-corrected chi connectivity index (χ1v) is 8.61. The summed E-state index contributed by atoms with van der Waals surface area (Å²) in [5.41, 5.74) is 1.40. The highest BCUT2D eigenvalue weighted by Gasteiger charge is 2.22. The van der Waals surface area contributed by atoms with E-state index in [1.54, 1.807) is 11.8 Å². The van der Waals surface area contributed by atoms with Gasteiger partial charge in [-0.3, -0.25) is 4.90 Å². The third kappa shape index (κ3) is 6.30. The van der Waals surface area contributed by atoms with Crippen LogP contribution in [0.1, 0.15) is 33.6 Å². The normalized spacial score (nSPS) is 21.1. The van der Waals surface area contributed by atoms with Gasteiger partial charge in [-0.05, 0) is 53.0 Å². The molecular formula is C15H30N2OS. The molecule has 1 saturated heterocycles. The predicted octanol–water partition coefficient (Wildman–Crippen LogP) is 2.12. The van der Waals surface area contributed by atoms with Gasteiger partial charge in [0, 0.05) is 23.9 Å². The molecule has 1 fully saturated rings. The van der Waals surface area contributed by atoms with Crippen LogP contribution in [0.25, 0.3) is 0 Å². The molecule has 2 N–H and O–H groups in total. The predicted molar refractivity (Wildman–Crippen MR) is 85.9 cm³/mol. The van der Waals surface area contributed by atoms with Crippen molar-refractivity contribution in [1.29, 1.82) is 0 Å². The van der Waals surface area contributed by atoms with Crippen LogP contribution >= 0.6 is 11.8 Å². The number of hydrogen-bond acceptors (Lipinski definition) is 4. The minimum Gasteiger partial charge on any atom is -0.395 e. The number of nitrogens with one attached hydrogen (secondary N) is 1. The van der Waals surface area contributed by atoms with Crippen LogP contribution in [0.5, 0.6) is 0 Å². The van der Waals surface area contributed by atoms with Crippen molar-refractivity contribution in [3.8, 4) is 0 Å². The molecule has 1 heterocycles. The maximum atomic E-state index is 9.31. The van der Waals surface area contributed by atoms with Gasteiger partial charge in [-0.25, -0.2) is 0 Å². The lowest BCUT2D eigenvalue weighted by Crippen LogP contribution is -2.48. The zero-order valence-electron chi connectivity index (χ0n) is 12.9. The Morgan fingerprint density at radius 3 is 2.53 bits per heavy atom. The maximum Gasteiger partial charge on any atom is 0.0564 e. The largest absolute Gasteiger partial charge is 0.395 e. The molecule has 0 aliphatic carbocycles. The van der Waals surface area contributed by atoms with Crippen molar-refractivity contribution >= 4 is 11.8 Å². The lowest BCUT2D eigenvalue weighted by atomic mass is 10.0. The standard InChI is InChI=1S/C15H30N2OS/c1-12(2)5-8-17-9-6-14(7-10-17)16-13(3)15(11-18)19-4/h5,13-16,18H,6-11H2,1-4H3. The Balaban J connectivity index is 2.28. The summed E-state index contributed by atoms with van der Waals surface area (Å²) >= 11 is 1.75. The highest BCUT2D eigenvalue weighted by molar-refractivity contribution is 7.99. The van der Waals surface area contributed by atoms with Gasteiger partial charge in [-0.2, -0.15) is 11.8 Å². The number of aliphatic hydroxyl groups is 1. The summed E-state index contributed by atoms with van der Waals surface area (Å²) in [6.07, 6.45) is 6.81. The summed E-state index contributed by atoms with van der Waals surface area (Å²) in [5, 5.41) is 13.3. The topological polar surface area (TPSA) is 35.5 Å². The second kappa shape index (κ2) is 9.01. The lowest BCUT2D eigenvalue weighted by molar-refractivity contribution is 0.200. The van der Waals surface area contributed by atoms with Gasteiger partial charge in [0.2, 0.25) is 0 Å². The van der Waals surface area contributed by atoms with Crippen molar-refractivity contribution in [3.63, 3.8) is 0 Å². The highest BCUT2D eigenvalue weighted by Crippen LogP contribution is 2.15. The molecule has 0 bridgehead atoms. The summed E-state index contributed by atoms with van der Waals surface area (Å²) in [6.45, 7) is 10.2. The molecule has 0 aromatic carbocycles. The number of hydrogen-bond donors (Lipinski definition) is 2. The monoisotopic (exact) mass is 286 g/mol. The van der Waals surface area contributed by atoms with E-state index in [9.17, 15) is 5.11 Å². The van der Waals surface area contributed by atoms with E-state index in [2.05, 4.69) is 43.3 Å². The number of likely N-dealkylation sites (tertiary alicyclic amines) is 1. The lowest BCUT2D eigenvalue weighted by Gasteiger charge is -2.34. The van der Waals surface area contributed by atoms with Crippen LogP contribution in [0, 0.1) is 0 Å². The number of aliphatic hydroxyl groups excluding tert-OH is 1. The Morgan fingerprint density at radius 2 is 2.05 bits per heavy atom. The quantitative estimate of drug-likeness (QED) is 0.703. The average molecular weight is 286 g/mol. The molecule has 1 aliphatic heterocycles. The fourth-order valence-corrected chi connectivity index (χ4v) is 3.15. The molecule has 2 unspecified atom stereocenters. The molecule has 112 valence electrons. The summed E-state index contributed by atoms with van der Waals surface area (Å²) in [6, 6.07) is 0.994. The minimum atomic E-state index is 0.259. The van der Waals surface area contributed by atoms with E-state index < -0.39 is 0 Å². The second-order valence-electron chi connectivity index (χ2n) is 5.77.